The Morgan fingerprint density at radius 2 is 1.96 bits per heavy atom. The van der Waals surface area contributed by atoms with Gasteiger partial charge in [-0.25, -0.2) is 0 Å². The number of hydrogen-bond donors (Lipinski definition) is 2. The highest BCUT2D eigenvalue weighted by Gasteiger charge is 2.08. The molecule has 3 rings (SSSR count). The minimum absolute atomic E-state index is 0. The van der Waals surface area contributed by atoms with E-state index >= 15 is 0 Å². The van der Waals surface area contributed by atoms with Crippen LogP contribution in [0.1, 0.15) is 28.8 Å². The predicted octanol–water partition coefficient (Wildman–Crippen LogP) is 4.08. The van der Waals surface area contributed by atoms with Crippen molar-refractivity contribution in [1.29, 1.82) is 0 Å². The molecule has 1 aromatic carbocycles. The van der Waals surface area contributed by atoms with Crippen LogP contribution in [0.2, 0.25) is 0 Å². The van der Waals surface area contributed by atoms with Gasteiger partial charge in [0.25, 0.3) is 0 Å². The smallest absolute Gasteiger partial charge is 0.191 e. The number of benzene rings is 1. The van der Waals surface area contributed by atoms with Crippen molar-refractivity contribution < 1.29 is 0 Å². The van der Waals surface area contributed by atoms with Crippen molar-refractivity contribution >= 4 is 41.3 Å². The number of hydrogen-bond acceptors (Lipinski definition) is 3. The monoisotopic (exact) mass is 495 g/mol. The maximum atomic E-state index is 4.34. The van der Waals surface area contributed by atoms with Crippen LogP contribution in [0.3, 0.4) is 0 Å². The SMILES string of the molecule is CN=C(NCc1ccccc1Cn1cccn1)NCC(C)c1cccs1.I. The van der Waals surface area contributed by atoms with E-state index in [9.17, 15) is 0 Å². The highest BCUT2D eigenvalue weighted by atomic mass is 127. The molecule has 0 aliphatic rings. The van der Waals surface area contributed by atoms with Crippen molar-refractivity contribution in [2.45, 2.75) is 25.9 Å². The Morgan fingerprint density at radius 1 is 1.15 bits per heavy atom. The number of halogens is 1. The zero-order valence-corrected chi connectivity index (χ0v) is 18.8. The van der Waals surface area contributed by atoms with Crippen LogP contribution < -0.4 is 10.6 Å². The van der Waals surface area contributed by atoms with Gasteiger partial charge in [0.2, 0.25) is 0 Å². The fourth-order valence-electron chi connectivity index (χ4n) is 2.77. The molecule has 7 heteroatoms. The molecule has 2 aromatic heterocycles. The third kappa shape index (κ3) is 6.35. The van der Waals surface area contributed by atoms with Gasteiger partial charge in [-0.1, -0.05) is 37.3 Å². The zero-order chi connectivity index (χ0) is 18.2. The summed E-state index contributed by atoms with van der Waals surface area (Å²) in [6.07, 6.45) is 3.79. The Labute approximate surface area is 181 Å². The lowest BCUT2D eigenvalue weighted by atomic mass is 10.1. The average molecular weight is 495 g/mol. The summed E-state index contributed by atoms with van der Waals surface area (Å²) < 4.78 is 1.94. The largest absolute Gasteiger partial charge is 0.356 e. The topological polar surface area (TPSA) is 54.2 Å². The van der Waals surface area contributed by atoms with Gasteiger partial charge in [-0.05, 0) is 28.6 Å². The molecule has 0 spiro atoms. The van der Waals surface area contributed by atoms with Gasteiger partial charge in [0.15, 0.2) is 5.96 Å². The number of aliphatic imine (C=N–C) groups is 1. The van der Waals surface area contributed by atoms with Gasteiger partial charge in [0, 0.05) is 43.3 Å². The standard InChI is InChI=1S/C20H25N5S.HI/c1-16(19-9-5-12-26-19)13-22-20(21-2)23-14-17-7-3-4-8-18(17)15-25-11-6-10-24-25;/h3-12,16H,13-15H2,1-2H3,(H2,21,22,23);1H. The molecule has 144 valence electrons. The van der Waals surface area contributed by atoms with E-state index in [2.05, 4.69) is 69.4 Å². The van der Waals surface area contributed by atoms with Gasteiger partial charge in [-0.3, -0.25) is 9.67 Å². The second-order valence-electron chi connectivity index (χ2n) is 6.20. The lowest BCUT2D eigenvalue weighted by molar-refractivity contribution is 0.675. The fraction of sp³-hybridized carbons (Fsp3) is 0.300. The summed E-state index contributed by atoms with van der Waals surface area (Å²) in [7, 11) is 1.81. The number of guanidine groups is 1. The molecule has 0 saturated carbocycles. The first-order valence-corrected chi connectivity index (χ1v) is 9.66. The van der Waals surface area contributed by atoms with Crippen molar-refractivity contribution in [2.75, 3.05) is 13.6 Å². The average Bonchev–Trinajstić information content (AvgIpc) is 3.37. The lowest BCUT2D eigenvalue weighted by Crippen LogP contribution is -2.38. The Kier molecular flexibility index (Phi) is 8.80. The summed E-state index contributed by atoms with van der Waals surface area (Å²) in [6, 6.07) is 14.7. The van der Waals surface area contributed by atoms with E-state index in [1.54, 1.807) is 24.6 Å². The van der Waals surface area contributed by atoms with Gasteiger partial charge < -0.3 is 10.6 Å². The molecular weight excluding hydrogens is 469 g/mol. The van der Waals surface area contributed by atoms with Crippen LogP contribution in [-0.2, 0) is 13.1 Å². The van der Waals surface area contributed by atoms with Crippen LogP contribution in [0, 0.1) is 0 Å². The molecule has 0 amide bonds. The minimum atomic E-state index is 0. The van der Waals surface area contributed by atoms with E-state index in [1.165, 1.54) is 16.0 Å². The third-order valence-corrected chi connectivity index (χ3v) is 5.39. The maximum absolute atomic E-state index is 4.34. The van der Waals surface area contributed by atoms with E-state index in [0.717, 1.165) is 25.6 Å². The van der Waals surface area contributed by atoms with Gasteiger partial charge in [-0.2, -0.15) is 5.10 Å². The van der Waals surface area contributed by atoms with E-state index in [1.807, 2.05) is 16.9 Å². The molecule has 2 N–H and O–H groups in total. The molecule has 0 radical (unpaired) electrons. The van der Waals surface area contributed by atoms with Crippen LogP contribution >= 0.6 is 35.3 Å². The van der Waals surface area contributed by atoms with Crippen LogP contribution in [0.5, 0.6) is 0 Å². The van der Waals surface area contributed by atoms with Crippen molar-refractivity contribution in [3.05, 3.63) is 76.2 Å². The second kappa shape index (κ2) is 11.1. The Bertz CT molecular complexity index is 815. The van der Waals surface area contributed by atoms with E-state index in [0.29, 0.717) is 5.92 Å². The van der Waals surface area contributed by atoms with Crippen LogP contribution in [0.4, 0.5) is 0 Å². The summed E-state index contributed by atoms with van der Waals surface area (Å²) in [5, 5.41) is 13.3. The van der Waals surface area contributed by atoms with Crippen LogP contribution in [0.25, 0.3) is 0 Å². The summed E-state index contributed by atoms with van der Waals surface area (Å²) in [5.41, 5.74) is 2.50. The highest BCUT2D eigenvalue weighted by molar-refractivity contribution is 14.0. The summed E-state index contributed by atoms with van der Waals surface area (Å²) >= 11 is 1.80. The summed E-state index contributed by atoms with van der Waals surface area (Å²) in [6.45, 7) is 4.58. The quantitative estimate of drug-likeness (QED) is 0.295. The van der Waals surface area contributed by atoms with Gasteiger partial charge in [0.1, 0.15) is 0 Å². The highest BCUT2D eigenvalue weighted by Crippen LogP contribution is 2.19. The van der Waals surface area contributed by atoms with Crippen molar-refractivity contribution in [2.24, 2.45) is 4.99 Å². The summed E-state index contributed by atoms with van der Waals surface area (Å²) in [5.74, 6) is 1.28. The number of rotatable bonds is 7. The van der Waals surface area contributed by atoms with Crippen molar-refractivity contribution in [3.8, 4) is 0 Å². The molecule has 3 aromatic rings. The van der Waals surface area contributed by atoms with Crippen LogP contribution in [-0.4, -0.2) is 29.3 Å². The lowest BCUT2D eigenvalue weighted by Gasteiger charge is -2.16. The van der Waals surface area contributed by atoms with Crippen LogP contribution in [0.15, 0.2) is 65.2 Å². The second-order valence-corrected chi connectivity index (χ2v) is 7.17. The van der Waals surface area contributed by atoms with Crippen molar-refractivity contribution in [1.82, 2.24) is 20.4 Å². The van der Waals surface area contributed by atoms with Crippen molar-refractivity contribution in [3.63, 3.8) is 0 Å². The Balaban J connectivity index is 0.00000261. The minimum Gasteiger partial charge on any atom is -0.356 e. The number of aromatic nitrogens is 2. The molecule has 2 heterocycles. The first-order chi connectivity index (χ1) is 12.8. The van der Waals surface area contributed by atoms with Gasteiger partial charge >= 0.3 is 0 Å². The molecular formula is C20H26IN5S. The van der Waals surface area contributed by atoms with E-state index < -0.39 is 0 Å². The number of thiophene rings is 1. The Morgan fingerprint density at radius 3 is 2.63 bits per heavy atom. The molecule has 0 aliphatic carbocycles. The normalized spacial score (nSPS) is 12.3. The third-order valence-electron chi connectivity index (χ3n) is 4.28. The zero-order valence-electron chi connectivity index (χ0n) is 15.6. The van der Waals surface area contributed by atoms with E-state index in [4.69, 9.17) is 0 Å². The van der Waals surface area contributed by atoms with E-state index in [-0.39, 0.29) is 24.0 Å². The Hall–Kier alpha value is -1.87. The molecule has 5 nitrogen and oxygen atoms in total. The molecule has 27 heavy (non-hydrogen) atoms. The number of nitrogens with one attached hydrogen (secondary N) is 2. The summed E-state index contributed by atoms with van der Waals surface area (Å²) in [4.78, 5) is 5.73. The fourth-order valence-corrected chi connectivity index (χ4v) is 3.56. The molecule has 0 saturated heterocycles. The number of nitrogens with zero attached hydrogens (tertiary/aromatic N) is 3. The first kappa shape index (κ1) is 21.4. The maximum Gasteiger partial charge on any atom is 0.191 e. The molecule has 0 aliphatic heterocycles. The predicted molar refractivity (Wildman–Crippen MR) is 124 cm³/mol. The van der Waals surface area contributed by atoms with Gasteiger partial charge in [0.05, 0.1) is 6.54 Å². The molecule has 1 unspecified atom stereocenters. The van der Waals surface area contributed by atoms with Gasteiger partial charge in [-0.15, -0.1) is 35.3 Å². The molecule has 1 atom stereocenters. The molecule has 0 fully saturated rings. The first-order valence-electron chi connectivity index (χ1n) is 8.78. The molecule has 0 bridgehead atoms.